The summed E-state index contributed by atoms with van der Waals surface area (Å²) in [6, 6.07) is 10.9. The molecule has 2 atom stereocenters. The molecule has 0 bridgehead atoms. The highest BCUT2D eigenvalue weighted by Crippen LogP contribution is 2.14. The largest absolute Gasteiger partial charge is 0.370 e. The van der Waals surface area contributed by atoms with Gasteiger partial charge in [-0.05, 0) is 25.5 Å². The molecule has 0 radical (unpaired) electrons. The molecular weight excluding hydrogens is 453 g/mol. The zero-order valence-electron chi connectivity index (χ0n) is 17.1. The van der Waals surface area contributed by atoms with Crippen LogP contribution in [0.5, 0.6) is 0 Å². The van der Waals surface area contributed by atoms with E-state index in [0.29, 0.717) is 6.04 Å². The average Bonchev–Trinajstić information content (AvgIpc) is 3.12. The third kappa shape index (κ3) is 6.86. The summed E-state index contributed by atoms with van der Waals surface area (Å²) in [5.74, 6) is 1.08. The topological polar surface area (TPSA) is 60.0 Å². The Bertz CT molecular complexity index is 608. The van der Waals surface area contributed by atoms with Crippen LogP contribution in [0, 0.1) is 5.92 Å². The summed E-state index contributed by atoms with van der Waals surface area (Å²) in [5, 5.41) is 6.86. The number of benzene rings is 1. The summed E-state index contributed by atoms with van der Waals surface area (Å²) in [7, 11) is 3.89. The number of para-hydroxylation sites is 1. The summed E-state index contributed by atoms with van der Waals surface area (Å²) in [6.07, 6.45) is 0.957. The Labute approximate surface area is 180 Å². The van der Waals surface area contributed by atoms with Gasteiger partial charge < -0.3 is 20.4 Å². The minimum atomic E-state index is 0. The minimum Gasteiger partial charge on any atom is -0.370 e. The minimum absolute atomic E-state index is 0. The van der Waals surface area contributed by atoms with Gasteiger partial charge in [-0.1, -0.05) is 32.0 Å². The Morgan fingerprint density at radius 3 is 2.56 bits per heavy atom. The second kappa shape index (κ2) is 11.4. The van der Waals surface area contributed by atoms with Crippen LogP contribution in [0.25, 0.3) is 0 Å². The van der Waals surface area contributed by atoms with E-state index in [9.17, 15) is 4.79 Å². The predicted molar refractivity (Wildman–Crippen MR) is 124 cm³/mol. The van der Waals surface area contributed by atoms with E-state index >= 15 is 0 Å². The van der Waals surface area contributed by atoms with E-state index in [1.165, 1.54) is 5.69 Å². The number of carbonyl (C=O) groups excluding carboxylic acids is 1. The first-order chi connectivity index (χ1) is 12.4. The van der Waals surface area contributed by atoms with Crippen LogP contribution in [0.15, 0.2) is 35.3 Å². The molecule has 7 heteroatoms. The van der Waals surface area contributed by atoms with E-state index in [-0.39, 0.29) is 41.8 Å². The van der Waals surface area contributed by atoms with Crippen molar-refractivity contribution in [2.75, 3.05) is 38.6 Å². The molecule has 0 spiro atoms. The molecule has 0 aromatic heterocycles. The van der Waals surface area contributed by atoms with E-state index in [0.717, 1.165) is 32.0 Å². The maximum atomic E-state index is 12.1. The maximum absolute atomic E-state index is 12.1. The maximum Gasteiger partial charge on any atom is 0.225 e. The van der Waals surface area contributed by atoms with Crippen LogP contribution >= 0.6 is 24.0 Å². The van der Waals surface area contributed by atoms with Gasteiger partial charge in [0.1, 0.15) is 0 Å². The van der Waals surface area contributed by atoms with Gasteiger partial charge in [0, 0.05) is 57.4 Å². The van der Waals surface area contributed by atoms with Gasteiger partial charge >= 0.3 is 0 Å². The van der Waals surface area contributed by atoms with Gasteiger partial charge in [-0.3, -0.25) is 9.79 Å². The van der Waals surface area contributed by atoms with Crippen molar-refractivity contribution in [1.29, 1.82) is 0 Å². The zero-order valence-corrected chi connectivity index (χ0v) is 19.4. The Morgan fingerprint density at radius 1 is 1.30 bits per heavy atom. The molecular formula is C20H34IN5O. The molecule has 152 valence electrons. The van der Waals surface area contributed by atoms with Gasteiger partial charge in [-0.2, -0.15) is 0 Å². The molecule has 1 aliphatic heterocycles. The fraction of sp³-hybridized carbons (Fsp3) is 0.600. The molecule has 0 saturated carbocycles. The molecule has 27 heavy (non-hydrogen) atoms. The lowest BCUT2D eigenvalue weighted by Crippen LogP contribution is -2.48. The number of likely N-dealkylation sites (N-methyl/N-ethyl adjacent to an activating group) is 1. The number of guanidine groups is 1. The van der Waals surface area contributed by atoms with Crippen LogP contribution in [0.1, 0.15) is 27.2 Å². The summed E-state index contributed by atoms with van der Waals surface area (Å²) >= 11 is 0. The molecule has 0 aliphatic carbocycles. The monoisotopic (exact) mass is 487 g/mol. The third-order valence-corrected chi connectivity index (χ3v) is 4.95. The first kappa shape index (κ1) is 23.5. The lowest BCUT2D eigenvalue weighted by Gasteiger charge is -2.28. The Hall–Kier alpha value is -1.51. The summed E-state index contributed by atoms with van der Waals surface area (Å²) in [6.45, 7) is 8.44. The smallest absolute Gasteiger partial charge is 0.225 e. The molecule has 2 N–H and O–H groups in total. The van der Waals surface area contributed by atoms with Gasteiger partial charge in [0.25, 0.3) is 0 Å². The van der Waals surface area contributed by atoms with Crippen molar-refractivity contribution in [3.63, 3.8) is 0 Å². The van der Waals surface area contributed by atoms with Crippen molar-refractivity contribution in [3.05, 3.63) is 30.3 Å². The molecule has 2 rings (SSSR count). The molecule has 1 aliphatic rings. The van der Waals surface area contributed by atoms with Crippen LogP contribution in [-0.4, -0.2) is 62.6 Å². The second-order valence-electron chi connectivity index (χ2n) is 7.32. The Morgan fingerprint density at radius 2 is 1.96 bits per heavy atom. The fourth-order valence-electron chi connectivity index (χ4n) is 3.13. The normalized spacial score (nSPS) is 18.1. The molecule has 1 fully saturated rings. The molecule has 1 aromatic rings. The highest BCUT2D eigenvalue weighted by molar-refractivity contribution is 14.0. The lowest BCUT2D eigenvalue weighted by atomic mass is 10.2. The number of nitrogens with zero attached hydrogens (tertiary/aromatic N) is 3. The number of halogens is 1. The zero-order chi connectivity index (χ0) is 19.1. The van der Waals surface area contributed by atoms with Crippen molar-refractivity contribution in [2.24, 2.45) is 10.9 Å². The number of hydrogen-bond acceptors (Lipinski definition) is 3. The van der Waals surface area contributed by atoms with E-state index in [2.05, 4.69) is 58.8 Å². The van der Waals surface area contributed by atoms with E-state index in [1.54, 1.807) is 7.05 Å². The SMILES string of the molecule is CN=C(NCC(C)N(C)c1ccccc1)NC1CCN(C(=O)C(C)C)C1.I. The first-order valence-electron chi connectivity index (χ1n) is 9.46. The van der Waals surface area contributed by atoms with Gasteiger partial charge in [0.15, 0.2) is 5.96 Å². The van der Waals surface area contributed by atoms with Gasteiger partial charge in [0.2, 0.25) is 5.91 Å². The van der Waals surface area contributed by atoms with Crippen molar-refractivity contribution < 1.29 is 4.79 Å². The van der Waals surface area contributed by atoms with Crippen molar-refractivity contribution in [2.45, 2.75) is 39.3 Å². The van der Waals surface area contributed by atoms with Crippen molar-refractivity contribution in [1.82, 2.24) is 15.5 Å². The van der Waals surface area contributed by atoms with Gasteiger partial charge in [0.05, 0.1) is 0 Å². The number of rotatable bonds is 6. The number of aliphatic imine (C=N–C) groups is 1. The quantitative estimate of drug-likeness (QED) is 0.368. The number of likely N-dealkylation sites (tertiary alicyclic amines) is 1. The summed E-state index contributed by atoms with van der Waals surface area (Å²) in [4.78, 5) is 20.6. The van der Waals surface area contributed by atoms with Gasteiger partial charge in [-0.15, -0.1) is 24.0 Å². The summed E-state index contributed by atoms with van der Waals surface area (Å²) < 4.78 is 0. The Balaban J connectivity index is 0.00000364. The van der Waals surface area contributed by atoms with E-state index in [4.69, 9.17) is 0 Å². The molecule has 1 heterocycles. The third-order valence-electron chi connectivity index (χ3n) is 4.95. The van der Waals surface area contributed by atoms with Crippen LogP contribution in [0.2, 0.25) is 0 Å². The molecule has 1 aromatic carbocycles. The van der Waals surface area contributed by atoms with Crippen molar-refractivity contribution in [3.8, 4) is 0 Å². The van der Waals surface area contributed by atoms with Crippen molar-refractivity contribution >= 4 is 41.5 Å². The van der Waals surface area contributed by atoms with Crippen LogP contribution in [0.3, 0.4) is 0 Å². The number of amides is 1. The highest BCUT2D eigenvalue weighted by atomic mass is 127. The van der Waals surface area contributed by atoms with Crippen LogP contribution in [0.4, 0.5) is 5.69 Å². The first-order valence-corrected chi connectivity index (χ1v) is 9.46. The lowest BCUT2D eigenvalue weighted by molar-refractivity contribution is -0.133. The molecule has 1 amide bonds. The average molecular weight is 487 g/mol. The summed E-state index contributed by atoms with van der Waals surface area (Å²) in [5.41, 5.74) is 1.20. The van der Waals surface area contributed by atoms with Gasteiger partial charge in [-0.25, -0.2) is 0 Å². The number of nitrogens with one attached hydrogen (secondary N) is 2. The predicted octanol–water partition coefficient (Wildman–Crippen LogP) is 2.55. The van der Waals surface area contributed by atoms with E-state index in [1.807, 2.05) is 24.8 Å². The standard InChI is InChI=1S/C20H33N5O.HI/c1-15(2)19(26)25-12-11-17(14-25)23-20(21-4)22-13-16(3)24(5)18-9-7-6-8-10-18;/h6-10,15-17H,11-14H2,1-5H3,(H2,21,22,23);1H. The van der Waals surface area contributed by atoms with Crippen LogP contribution < -0.4 is 15.5 Å². The Kier molecular flexibility index (Phi) is 9.90. The number of hydrogen-bond donors (Lipinski definition) is 2. The molecule has 2 unspecified atom stereocenters. The molecule has 6 nitrogen and oxygen atoms in total. The van der Waals surface area contributed by atoms with E-state index < -0.39 is 0 Å². The highest BCUT2D eigenvalue weighted by Gasteiger charge is 2.28. The second-order valence-corrected chi connectivity index (χ2v) is 7.32. The number of carbonyl (C=O) groups is 1. The van der Waals surface area contributed by atoms with Crippen LogP contribution in [-0.2, 0) is 4.79 Å². The molecule has 1 saturated heterocycles. The number of anilines is 1. The fourth-order valence-corrected chi connectivity index (χ4v) is 3.13.